The molecule has 124 valence electrons. The first kappa shape index (κ1) is 16.3. The van der Waals surface area contributed by atoms with Crippen LogP contribution in [0.1, 0.15) is 12.0 Å². The molecule has 2 aliphatic rings. The number of hydrogen-bond donors (Lipinski definition) is 0. The molecule has 0 spiro atoms. The average molecular weight is 340 g/mol. The van der Waals surface area contributed by atoms with Gasteiger partial charge in [0.1, 0.15) is 11.1 Å². The molecule has 1 aromatic heterocycles. The van der Waals surface area contributed by atoms with Crippen molar-refractivity contribution in [2.45, 2.75) is 18.9 Å². The number of anilines is 1. The molecular weight excluding hydrogens is 322 g/mol. The second-order valence-corrected chi connectivity index (χ2v) is 6.67. The van der Waals surface area contributed by atoms with Crippen molar-refractivity contribution in [1.29, 1.82) is 5.26 Å². The minimum Gasteiger partial charge on any atom is -0.301 e. The van der Waals surface area contributed by atoms with Gasteiger partial charge in [-0.1, -0.05) is 0 Å². The fraction of sp³-hybridized carbons (Fsp3) is 0.600. The minimum atomic E-state index is -2.31. The zero-order valence-electron chi connectivity index (χ0n) is 12.6. The van der Waals surface area contributed by atoms with E-state index in [0.717, 1.165) is 11.4 Å². The summed E-state index contributed by atoms with van der Waals surface area (Å²) in [5.74, 6) is 0.0197. The maximum absolute atomic E-state index is 12.7. The topological polar surface area (TPSA) is 50.6 Å². The highest BCUT2D eigenvalue weighted by Crippen LogP contribution is 2.32. The van der Waals surface area contributed by atoms with Crippen LogP contribution in [-0.2, 0) is 4.79 Å². The molecule has 2 aliphatic heterocycles. The van der Waals surface area contributed by atoms with Crippen molar-refractivity contribution in [1.82, 2.24) is 9.80 Å². The highest BCUT2D eigenvalue weighted by Gasteiger charge is 2.39. The third-order valence-electron chi connectivity index (χ3n) is 4.43. The van der Waals surface area contributed by atoms with Crippen molar-refractivity contribution in [2.75, 3.05) is 44.2 Å². The van der Waals surface area contributed by atoms with E-state index in [-0.39, 0.29) is 18.5 Å². The molecule has 1 amide bonds. The number of nitrogens with zero attached hydrogens (tertiary/aromatic N) is 4. The van der Waals surface area contributed by atoms with Crippen LogP contribution in [0.15, 0.2) is 11.4 Å². The summed E-state index contributed by atoms with van der Waals surface area (Å²) >= 11 is 1.40. The lowest BCUT2D eigenvalue weighted by Gasteiger charge is -2.37. The molecule has 0 saturated carbocycles. The van der Waals surface area contributed by atoms with Crippen molar-refractivity contribution in [2.24, 2.45) is 0 Å². The van der Waals surface area contributed by atoms with E-state index < -0.39 is 6.43 Å². The van der Waals surface area contributed by atoms with Gasteiger partial charge in [-0.2, -0.15) is 5.26 Å². The Morgan fingerprint density at radius 2 is 2.04 bits per heavy atom. The van der Waals surface area contributed by atoms with E-state index in [1.54, 1.807) is 15.9 Å². The summed E-state index contributed by atoms with van der Waals surface area (Å²) in [6, 6.07) is 3.65. The Labute approximate surface area is 137 Å². The van der Waals surface area contributed by atoms with Crippen molar-refractivity contribution in [3.63, 3.8) is 0 Å². The van der Waals surface area contributed by atoms with Crippen LogP contribution in [0.4, 0.5) is 13.8 Å². The van der Waals surface area contributed by atoms with Crippen molar-refractivity contribution in [3.8, 4) is 6.07 Å². The molecule has 2 fully saturated rings. The number of hydrogen-bond acceptors (Lipinski definition) is 5. The first-order valence-corrected chi connectivity index (χ1v) is 8.51. The van der Waals surface area contributed by atoms with E-state index in [0.29, 0.717) is 38.3 Å². The third-order valence-corrected chi connectivity index (χ3v) is 5.37. The van der Waals surface area contributed by atoms with Crippen molar-refractivity contribution < 1.29 is 13.6 Å². The molecule has 1 unspecified atom stereocenters. The van der Waals surface area contributed by atoms with Crippen LogP contribution in [-0.4, -0.2) is 67.4 Å². The van der Waals surface area contributed by atoms with Gasteiger partial charge in [-0.25, -0.2) is 8.78 Å². The first-order chi connectivity index (χ1) is 11.1. The van der Waals surface area contributed by atoms with Gasteiger partial charge in [-0.05, 0) is 17.9 Å². The van der Waals surface area contributed by atoms with E-state index >= 15 is 0 Å². The van der Waals surface area contributed by atoms with Crippen LogP contribution >= 0.6 is 11.3 Å². The van der Waals surface area contributed by atoms with Gasteiger partial charge in [0.2, 0.25) is 5.91 Å². The summed E-state index contributed by atoms with van der Waals surface area (Å²) in [5.41, 5.74) is 0.533. The number of nitriles is 1. The van der Waals surface area contributed by atoms with E-state index in [1.165, 1.54) is 11.3 Å². The fourth-order valence-electron chi connectivity index (χ4n) is 3.25. The Morgan fingerprint density at radius 1 is 1.30 bits per heavy atom. The second kappa shape index (κ2) is 6.91. The number of thiophene rings is 1. The van der Waals surface area contributed by atoms with Crippen LogP contribution in [0.3, 0.4) is 0 Å². The molecule has 0 aromatic carbocycles. The predicted octanol–water partition coefficient (Wildman–Crippen LogP) is 1.61. The number of carbonyl (C=O) groups is 1. The van der Waals surface area contributed by atoms with Gasteiger partial charge in [-0.15, -0.1) is 11.3 Å². The molecule has 3 rings (SSSR count). The van der Waals surface area contributed by atoms with Crippen LogP contribution in [0.2, 0.25) is 0 Å². The summed E-state index contributed by atoms with van der Waals surface area (Å²) in [7, 11) is 0. The Hall–Kier alpha value is -1.56. The molecular formula is C15H18F2N4OS. The monoisotopic (exact) mass is 340 g/mol. The molecule has 8 heteroatoms. The summed E-state index contributed by atoms with van der Waals surface area (Å²) < 4.78 is 24.8. The molecule has 5 nitrogen and oxygen atoms in total. The molecule has 23 heavy (non-hydrogen) atoms. The number of alkyl halides is 2. The number of halogens is 2. The standard InChI is InChI=1S/C15H18F2N4OS/c16-13(17)10-19-4-6-20(7-5-19)12-1-3-21(14(12)22)15-11(9-18)2-8-23-15/h2,8,12-13H,1,3-7,10H2. The van der Waals surface area contributed by atoms with Gasteiger partial charge in [0, 0.05) is 32.7 Å². The number of rotatable bonds is 4. The fourth-order valence-corrected chi connectivity index (χ4v) is 4.14. The van der Waals surface area contributed by atoms with Gasteiger partial charge in [0.15, 0.2) is 0 Å². The zero-order chi connectivity index (χ0) is 16.4. The molecule has 0 N–H and O–H groups in total. The lowest BCUT2D eigenvalue weighted by Crippen LogP contribution is -2.53. The molecule has 1 aromatic rings. The Balaban J connectivity index is 1.61. The SMILES string of the molecule is N#Cc1ccsc1N1CCC(N2CCN(CC(F)F)CC2)C1=O. The third kappa shape index (κ3) is 3.37. The quantitative estimate of drug-likeness (QED) is 0.836. The van der Waals surface area contributed by atoms with Gasteiger partial charge in [0.05, 0.1) is 18.2 Å². The van der Waals surface area contributed by atoms with Crippen molar-refractivity contribution >= 4 is 22.2 Å². The Kier molecular flexibility index (Phi) is 4.90. The van der Waals surface area contributed by atoms with E-state index in [2.05, 4.69) is 11.0 Å². The molecule has 2 saturated heterocycles. The van der Waals surface area contributed by atoms with Crippen LogP contribution < -0.4 is 4.90 Å². The lowest BCUT2D eigenvalue weighted by atomic mass is 10.2. The summed E-state index contributed by atoms with van der Waals surface area (Å²) in [6.45, 7) is 2.81. The number of piperazine rings is 1. The molecule has 0 bridgehead atoms. The molecule has 0 aliphatic carbocycles. The lowest BCUT2D eigenvalue weighted by molar-refractivity contribution is -0.122. The van der Waals surface area contributed by atoms with Gasteiger partial charge >= 0.3 is 0 Å². The maximum Gasteiger partial charge on any atom is 0.251 e. The van der Waals surface area contributed by atoms with E-state index in [1.807, 2.05) is 5.38 Å². The Bertz CT molecular complexity index is 607. The van der Waals surface area contributed by atoms with Crippen LogP contribution in [0.25, 0.3) is 0 Å². The highest BCUT2D eigenvalue weighted by atomic mass is 32.1. The summed E-state index contributed by atoms with van der Waals surface area (Å²) in [5, 5.41) is 11.6. The number of amides is 1. The van der Waals surface area contributed by atoms with Gasteiger partial charge in [0.25, 0.3) is 6.43 Å². The molecule has 1 atom stereocenters. The van der Waals surface area contributed by atoms with Gasteiger partial charge in [-0.3, -0.25) is 14.6 Å². The molecule has 0 radical (unpaired) electrons. The Morgan fingerprint density at radius 3 is 2.70 bits per heavy atom. The molecule has 3 heterocycles. The zero-order valence-corrected chi connectivity index (χ0v) is 13.4. The second-order valence-electron chi connectivity index (χ2n) is 5.77. The number of carbonyl (C=O) groups excluding carboxylic acids is 1. The largest absolute Gasteiger partial charge is 0.301 e. The average Bonchev–Trinajstić information content (AvgIpc) is 3.13. The normalized spacial score (nSPS) is 23.7. The van der Waals surface area contributed by atoms with Crippen LogP contribution in [0.5, 0.6) is 0 Å². The van der Waals surface area contributed by atoms with Crippen LogP contribution in [0, 0.1) is 11.3 Å². The minimum absolute atomic E-state index is 0.0197. The van der Waals surface area contributed by atoms with E-state index in [4.69, 9.17) is 5.26 Å². The van der Waals surface area contributed by atoms with E-state index in [9.17, 15) is 13.6 Å². The summed E-state index contributed by atoms with van der Waals surface area (Å²) in [4.78, 5) is 18.2. The highest BCUT2D eigenvalue weighted by molar-refractivity contribution is 7.14. The van der Waals surface area contributed by atoms with Crippen molar-refractivity contribution in [3.05, 3.63) is 17.0 Å². The summed E-state index contributed by atoms with van der Waals surface area (Å²) in [6.07, 6.45) is -1.59. The predicted molar refractivity (Wildman–Crippen MR) is 83.8 cm³/mol. The van der Waals surface area contributed by atoms with Gasteiger partial charge < -0.3 is 4.90 Å². The maximum atomic E-state index is 12.7. The smallest absolute Gasteiger partial charge is 0.251 e. The first-order valence-electron chi connectivity index (χ1n) is 7.63.